The Balaban J connectivity index is 2.10. The lowest BCUT2D eigenvalue weighted by atomic mass is 10.1. The van der Waals surface area contributed by atoms with E-state index in [0.29, 0.717) is 29.5 Å². The molecule has 3 aromatic heterocycles. The number of methoxy groups -OCH3 is 1. The maximum atomic E-state index is 8.28. The van der Waals surface area contributed by atoms with Crippen molar-refractivity contribution in [3.05, 3.63) is 48.0 Å². The molecule has 0 saturated carbocycles. The Morgan fingerprint density at radius 3 is 2.76 bits per heavy atom. The van der Waals surface area contributed by atoms with Gasteiger partial charge in [0.05, 0.1) is 41.7 Å². The number of nitrogens with zero attached hydrogens (tertiary/aromatic N) is 4. The van der Waals surface area contributed by atoms with Crippen molar-refractivity contribution < 1.29 is 4.74 Å². The molecule has 3 aromatic rings. The molecule has 0 aliphatic heterocycles. The average molecular weight is 393 g/mol. The number of hydrogen-bond acceptors (Lipinski definition) is 7. The third kappa shape index (κ3) is 4.71. The Morgan fingerprint density at radius 1 is 1.34 bits per heavy atom. The molecular formula is C21H27N7O. The van der Waals surface area contributed by atoms with Gasteiger partial charge in [0.1, 0.15) is 5.69 Å². The fraction of sp³-hybridized carbons (Fsp3) is 0.333. The molecule has 0 aliphatic rings. The van der Waals surface area contributed by atoms with E-state index < -0.39 is 0 Å². The molecule has 0 amide bonds. The van der Waals surface area contributed by atoms with Gasteiger partial charge in [0, 0.05) is 37.6 Å². The number of anilines is 2. The first-order chi connectivity index (χ1) is 13.9. The minimum atomic E-state index is 0.188. The summed E-state index contributed by atoms with van der Waals surface area (Å²) in [5.41, 5.74) is 5.17. The summed E-state index contributed by atoms with van der Waals surface area (Å²) in [5, 5.41) is 19.4. The maximum Gasteiger partial charge on any atom is 0.222 e. The third-order valence-corrected chi connectivity index (χ3v) is 4.29. The van der Waals surface area contributed by atoms with Crippen molar-refractivity contribution >= 4 is 17.1 Å². The zero-order valence-corrected chi connectivity index (χ0v) is 17.4. The molecule has 29 heavy (non-hydrogen) atoms. The molecule has 0 aromatic carbocycles. The van der Waals surface area contributed by atoms with Crippen LogP contribution < -0.4 is 15.4 Å². The van der Waals surface area contributed by atoms with Crippen LogP contribution in [0, 0.1) is 5.41 Å². The van der Waals surface area contributed by atoms with Gasteiger partial charge in [-0.05, 0) is 39.0 Å². The van der Waals surface area contributed by atoms with Gasteiger partial charge in [0.25, 0.3) is 0 Å². The quantitative estimate of drug-likeness (QED) is 0.505. The number of hydrogen-bond donors (Lipinski definition) is 3. The second-order valence-electron chi connectivity index (χ2n) is 7.14. The molecular weight excluding hydrogens is 366 g/mol. The summed E-state index contributed by atoms with van der Waals surface area (Å²) >= 11 is 0. The van der Waals surface area contributed by atoms with Crippen molar-refractivity contribution in [2.75, 3.05) is 17.7 Å². The monoisotopic (exact) mass is 393 g/mol. The molecule has 8 nitrogen and oxygen atoms in total. The first-order valence-electron chi connectivity index (χ1n) is 9.47. The van der Waals surface area contributed by atoms with Gasteiger partial charge in [-0.3, -0.25) is 4.68 Å². The minimum absolute atomic E-state index is 0.188. The van der Waals surface area contributed by atoms with Crippen molar-refractivity contribution in [2.45, 2.75) is 33.4 Å². The van der Waals surface area contributed by atoms with Crippen molar-refractivity contribution in [2.24, 2.45) is 7.05 Å². The molecule has 3 N–H and O–H groups in total. The van der Waals surface area contributed by atoms with Crippen LogP contribution in [0.15, 0.2) is 36.8 Å². The van der Waals surface area contributed by atoms with E-state index in [-0.39, 0.29) is 6.04 Å². The molecule has 0 unspecified atom stereocenters. The summed E-state index contributed by atoms with van der Waals surface area (Å²) in [6.45, 7) is 6.46. The molecule has 8 heteroatoms. The van der Waals surface area contributed by atoms with Gasteiger partial charge < -0.3 is 20.8 Å². The Bertz CT molecular complexity index is 1010. The lowest BCUT2D eigenvalue weighted by Gasteiger charge is -2.20. The van der Waals surface area contributed by atoms with Crippen LogP contribution in [0.1, 0.15) is 32.0 Å². The van der Waals surface area contributed by atoms with Crippen LogP contribution in [-0.2, 0) is 13.6 Å². The molecule has 0 bridgehead atoms. The van der Waals surface area contributed by atoms with E-state index in [1.807, 2.05) is 37.6 Å². The second-order valence-corrected chi connectivity index (χ2v) is 7.14. The Morgan fingerprint density at radius 2 is 2.14 bits per heavy atom. The molecule has 0 radical (unpaired) electrons. The van der Waals surface area contributed by atoms with E-state index >= 15 is 0 Å². The maximum absolute atomic E-state index is 8.28. The van der Waals surface area contributed by atoms with Crippen LogP contribution in [0.25, 0.3) is 11.3 Å². The van der Waals surface area contributed by atoms with Crippen LogP contribution in [-0.4, -0.2) is 38.6 Å². The standard InChI is InChI=1S/C21H27N7O/c1-13(2)26-20-18(24-10-15-11-25-28(4)12-15)9-17(27-19(20)14(3)22)16-7-6-8-23-21(16)29-5/h6-9,11-13,22,26H,10H2,1-5H3,(H,24,27). The van der Waals surface area contributed by atoms with Crippen LogP contribution >= 0.6 is 0 Å². The Labute approximate surface area is 170 Å². The zero-order valence-electron chi connectivity index (χ0n) is 17.4. The van der Waals surface area contributed by atoms with Crippen molar-refractivity contribution in [3.8, 4) is 17.1 Å². The van der Waals surface area contributed by atoms with E-state index in [9.17, 15) is 0 Å². The van der Waals surface area contributed by atoms with Crippen LogP contribution in [0.4, 0.5) is 11.4 Å². The van der Waals surface area contributed by atoms with E-state index in [4.69, 9.17) is 15.1 Å². The summed E-state index contributed by atoms with van der Waals surface area (Å²) in [6.07, 6.45) is 5.48. The predicted molar refractivity (Wildman–Crippen MR) is 116 cm³/mol. The molecule has 0 fully saturated rings. The van der Waals surface area contributed by atoms with Gasteiger partial charge in [-0.1, -0.05) is 0 Å². The van der Waals surface area contributed by atoms with Gasteiger partial charge in [0.2, 0.25) is 5.88 Å². The smallest absolute Gasteiger partial charge is 0.222 e. The molecule has 0 aliphatic carbocycles. The highest BCUT2D eigenvalue weighted by Gasteiger charge is 2.18. The number of ether oxygens (including phenoxy) is 1. The summed E-state index contributed by atoms with van der Waals surface area (Å²) in [4.78, 5) is 9.04. The Kier molecular flexibility index (Phi) is 6.11. The highest BCUT2D eigenvalue weighted by atomic mass is 16.5. The van der Waals surface area contributed by atoms with E-state index in [1.165, 1.54) is 0 Å². The van der Waals surface area contributed by atoms with Crippen LogP contribution in [0.3, 0.4) is 0 Å². The van der Waals surface area contributed by atoms with Gasteiger partial charge in [-0.2, -0.15) is 5.10 Å². The normalized spacial score (nSPS) is 10.8. The molecule has 3 heterocycles. The SMILES string of the molecule is COc1ncccc1-c1cc(NCc2cnn(C)c2)c(NC(C)C)c(C(C)=N)n1. The summed E-state index contributed by atoms with van der Waals surface area (Å²) in [5.74, 6) is 0.497. The molecule has 152 valence electrons. The lowest BCUT2D eigenvalue weighted by molar-refractivity contribution is 0.399. The van der Waals surface area contributed by atoms with E-state index in [0.717, 1.165) is 22.5 Å². The summed E-state index contributed by atoms with van der Waals surface area (Å²) < 4.78 is 7.19. The summed E-state index contributed by atoms with van der Waals surface area (Å²) in [7, 11) is 3.48. The number of aromatic nitrogens is 4. The molecule has 0 saturated heterocycles. The van der Waals surface area contributed by atoms with Gasteiger partial charge in [0.15, 0.2) is 0 Å². The second kappa shape index (κ2) is 8.72. The topological polar surface area (TPSA) is 101 Å². The van der Waals surface area contributed by atoms with E-state index in [2.05, 4.69) is 34.6 Å². The summed E-state index contributed by atoms with van der Waals surface area (Å²) in [6, 6.07) is 5.91. The number of pyridine rings is 2. The highest BCUT2D eigenvalue weighted by molar-refractivity contribution is 6.03. The number of aryl methyl sites for hydroxylation is 1. The highest BCUT2D eigenvalue weighted by Crippen LogP contribution is 2.34. The van der Waals surface area contributed by atoms with Crippen LogP contribution in [0.2, 0.25) is 0 Å². The van der Waals surface area contributed by atoms with Gasteiger partial charge >= 0.3 is 0 Å². The van der Waals surface area contributed by atoms with Crippen molar-refractivity contribution in [3.63, 3.8) is 0 Å². The fourth-order valence-corrected chi connectivity index (χ4v) is 3.04. The van der Waals surface area contributed by atoms with E-state index in [1.54, 1.807) is 24.9 Å². The predicted octanol–water partition coefficient (Wildman–Crippen LogP) is 3.71. The molecule has 3 rings (SSSR count). The largest absolute Gasteiger partial charge is 0.481 e. The minimum Gasteiger partial charge on any atom is -0.481 e. The molecule has 0 spiro atoms. The first kappa shape index (κ1) is 20.3. The van der Waals surface area contributed by atoms with Gasteiger partial charge in [-0.25, -0.2) is 9.97 Å². The Hall–Kier alpha value is -3.42. The third-order valence-electron chi connectivity index (χ3n) is 4.29. The zero-order chi connectivity index (χ0) is 21.0. The fourth-order valence-electron chi connectivity index (χ4n) is 3.04. The lowest BCUT2D eigenvalue weighted by Crippen LogP contribution is -2.17. The number of rotatable bonds is 8. The van der Waals surface area contributed by atoms with Crippen molar-refractivity contribution in [1.29, 1.82) is 5.41 Å². The first-order valence-corrected chi connectivity index (χ1v) is 9.47. The number of nitrogens with one attached hydrogen (secondary N) is 3. The van der Waals surface area contributed by atoms with Gasteiger partial charge in [-0.15, -0.1) is 0 Å². The average Bonchev–Trinajstić information content (AvgIpc) is 3.11. The van der Waals surface area contributed by atoms with Crippen molar-refractivity contribution in [1.82, 2.24) is 19.7 Å². The van der Waals surface area contributed by atoms with Crippen LogP contribution in [0.5, 0.6) is 5.88 Å². The molecule has 0 atom stereocenters.